The van der Waals surface area contributed by atoms with Gasteiger partial charge in [-0.25, -0.2) is 9.78 Å². The molecule has 3 aromatic rings. The Hall–Kier alpha value is -2.83. The predicted molar refractivity (Wildman–Crippen MR) is 113 cm³/mol. The second-order valence-corrected chi connectivity index (χ2v) is 7.79. The predicted octanol–water partition coefficient (Wildman–Crippen LogP) is 3.21. The van der Waals surface area contributed by atoms with Gasteiger partial charge in [-0.3, -0.25) is 13.9 Å². The molecule has 1 aliphatic carbocycles. The van der Waals surface area contributed by atoms with E-state index in [0.717, 1.165) is 36.4 Å². The van der Waals surface area contributed by atoms with Crippen LogP contribution < -0.4 is 16.0 Å². The summed E-state index contributed by atoms with van der Waals surface area (Å²) in [6.07, 6.45) is 5.94. The molecule has 1 saturated carbocycles. The van der Waals surface area contributed by atoms with E-state index in [2.05, 4.69) is 4.98 Å². The van der Waals surface area contributed by atoms with Crippen molar-refractivity contribution in [3.8, 4) is 5.75 Å². The van der Waals surface area contributed by atoms with Crippen LogP contribution in [-0.4, -0.2) is 26.2 Å². The maximum absolute atomic E-state index is 13.1. The minimum Gasteiger partial charge on any atom is -0.497 e. The number of ether oxygens (including phenoxy) is 1. The Bertz CT molecular complexity index is 1100. The van der Waals surface area contributed by atoms with Crippen LogP contribution in [0, 0.1) is 0 Å². The van der Waals surface area contributed by atoms with Crippen molar-refractivity contribution in [1.29, 1.82) is 0 Å². The van der Waals surface area contributed by atoms with Crippen molar-refractivity contribution in [2.24, 2.45) is 0 Å². The number of H-pyrrole nitrogens is 1. The summed E-state index contributed by atoms with van der Waals surface area (Å²) in [6, 6.07) is 7.83. The van der Waals surface area contributed by atoms with Gasteiger partial charge in [-0.2, -0.15) is 0 Å². The van der Waals surface area contributed by atoms with Gasteiger partial charge in [0.2, 0.25) is 0 Å². The van der Waals surface area contributed by atoms with Crippen molar-refractivity contribution >= 4 is 11.2 Å². The van der Waals surface area contributed by atoms with Crippen LogP contribution in [-0.2, 0) is 19.5 Å². The van der Waals surface area contributed by atoms with E-state index >= 15 is 0 Å². The fourth-order valence-corrected chi connectivity index (χ4v) is 4.23. The van der Waals surface area contributed by atoms with Crippen LogP contribution >= 0.6 is 0 Å². The molecule has 0 atom stereocenters. The van der Waals surface area contributed by atoms with E-state index in [1.165, 1.54) is 17.4 Å². The highest BCUT2D eigenvalue weighted by Gasteiger charge is 2.23. The normalized spacial score (nSPS) is 14.7. The molecule has 7 nitrogen and oxygen atoms in total. The van der Waals surface area contributed by atoms with E-state index in [9.17, 15) is 9.59 Å². The Kier molecular flexibility index (Phi) is 5.56. The van der Waals surface area contributed by atoms with Crippen molar-refractivity contribution < 1.29 is 4.74 Å². The molecule has 1 aromatic carbocycles. The fourth-order valence-electron chi connectivity index (χ4n) is 4.23. The summed E-state index contributed by atoms with van der Waals surface area (Å²) in [5.74, 6) is 2.01. The van der Waals surface area contributed by atoms with Crippen LogP contribution in [0.1, 0.15) is 56.3 Å². The standard InChI is InChI=1S/C22H28N4O3/c1-3-13-26-21(27)18-20(24-19(23-18)16-6-4-5-7-16)25(22(26)28)14-12-15-8-10-17(29-2)11-9-15/h8-11,16H,3-7,12-14H2,1-2H3,(H,23,24). The van der Waals surface area contributed by atoms with Gasteiger partial charge >= 0.3 is 5.69 Å². The lowest BCUT2D eigenvalue weighted by molar-refractivity contribution is 0.414. The monoisotopic (exact) mass is 396 g/mol. The number of aromatic amines is 1. The molecule has 7 heteroatoms. The first-order chi connectivity index (χ1) is 14.1. The number of aryl methyl sites for hydroxylation is 2. The van der Waals surface area contributed by atoms with Gasteiger partial charge in [-0.05, 0) is 43.4 Å². The highest BCUT2D eigenvalue weighted by atomic mass is 16.5. The summed E-state index contributed by atoms with van der Waals surface area (Å²) in [4.78, 5) is 34.0. The molecule has 0 saturated heterocycles. The molecular weight excluding hydrogens is 368 g/mol. The maximum Gasteiger partial charge on any atom is 0.332 e. The molecule has 0 amide bonds. The summed E-state index contributed by atoms with van der Waals surface area (Å²) in [5, 5.41) is 0. The van der Waals surface area contributed by atoms with Gasteiger partial charge in [0.1, 0.15) is 17.1 Å². The Morgan fingerprint density at radius 1 is 1.10 bits per heavy atom. The number of imidazole rings is 1. The largest absolute Gasteiger partial charge is 0.497 e. The van der Waals surface area contributed by atoms with Gasteiger partial charge in [0.05, 0.1) is 7.11 Å². The first kappa shape index (κ1) is 19.5. The summed E-state index contributed by atoms with van der Waals surface area (Å²) < 4.78 is 8.21. The third kappa shape index (κ3) is 3.73. The van der Waals surface area contributed by atoms with E-state index < -0.39 is 0 Å². The minimum atomic E-state index is -0.276. The van der Waals surface area contributed by atoms with Crippen molar-refractivity contribution in [2.45, 2.75) is 64.5 Å². The van der Waals surface area contributed by atoms with E-state index in [0.29, 0.717) is 36.6 Å². The molecule has 0 unspecified atom stereocenters. The molecule has 2 heterocycles. The van der Waals surface area contributed by atoms with E-state index in [1.807, 2.05) is 31.2 Å². The lowest BCUT2D eigenvalue weighted by atomic mass is 10.1. The van der Waals surface area contributed by atoms with Crippen molar-refractivity contribution in [3.05, 3.63) is 56.5 Å². The van der Waals surface area contributed by atoms with Crippen molar-refractivity contribution in [2.75, 3.05) is 7.11 Å². The van der Waals surface area contributed by atoms with E-state index in [1.54, 1.807) is 11.7 Å². The van der Waals surface area contributed by atoms with Crippen LogP contribution in [0.4, 0.5) is 0 Å². The van der Waals surface area contributed by atoms with Crippen LogP contribution in [0.3, 0.4) is 0 Å². The first-order valence-corrected chi connectivity index (χ1v) is 10.5. The summed E-state index contributed by atoms with van der Waals surface area (Å²) >= 11 is 0. The number of hydrogen-bond donors (Lipinski definition) is 1. The topological polar surface area (TPSA) is 81.9 Å². The zero-order chi connectivity index (χ0) is 20.4. The number of fused-ring (bicyclic) bond motifs is 1. The lowest BCUT2D eigenvalue weighted by Gasteiger charge is -2.11. The SMILES string of the molecule is CCCn1c(=O)c2[nH]c(C3CCCC3)nc2n(CCc2ccc(OC)cc2)c1=O. The molecule has 1 fully saturated rings. The minimum absolute atomic E-state index is 0.260. The highest BCUT2D eigenvalue weighted by molar-refractivity contribution is 5.70. The van der Waals surface area contributed by atoms with Gasteiger partial charge in [-0.15, -0.1) is 0 Å². The van der Waals surface area contributed by atoms with E-state index in [-0.39, 0.29) is 11.2 Å². The van der Waals surface area contributed by atoms with Gasteiger partial charge in [0, 0.05) is 19.0 Å². The van der Waals surface area contributed by atoms with Crippen molar-refractivity contribution in [1.82, 2.24) is 19.1 Å². The number of rotatable bonds is 7. The Balaban J connectivity index is 1.75. The molecule has 0 spiro atoms. The number of methoxy groups -OCH3 is 1. The molecule has 154 valence electrons. The Morgan fingerprint density at radius 2 is 1.83 bits per heavy atom. The number of aromatic nitrogens is 4. The van der Waals surface area contributed by atoms with Gasteiger partial charge in [0.25, 0.3) is 5.56 Å². The number of nitrogens with one attached hydrogen (secondary N) is 1. The highest BCUT2D eigenvalue weighted by Crippen LogP contribution is 2.32. The average Bonchev–Trinajstić information content (AvgIpc) is 3.41. The molecule has 1 N–H and O–H groups in total. The number of hydrogen-bond acceptors (Lipinski definition) is 4. The molecule has 0 bridgehead atoms. The van der Waals surface area contributed by atoms with Crippen LogP contribution in [0.25, 0.3) is 11.2 Å². The van der Waals surface area contributed by atoms with Crippen LogP contribution in [0.5, 0.6) is 5.75 Å². The molecule has 4 rings (SSSR count). The maximum atomic E-state index is 13.1. The average molecular weight is 396 g/mol. The Labute approximate surface area is 169 Å². The van der Waals surface area contributed by atoms with Crippen LogP contribution in [0.2, 0.25) is 0 Å². The summed E-state index contributed by atoms with van der Waals surface area (Å²) in [5.41, 5.74) is 1.51. The lowest BCUT2D eigenvalue weighted by Crippen LogP contribution is -2.40. The van der Waals surface area contributed by atoms with Gasteiger partial charge < -0.3 is 9.72 Å². The zero-order valence-electron chi connectivity index (χ0n) is 17.1. The molecule has 2 aromatic heterocycles. The Morgan fingerprint density at radius 3 is 2.48 bits per heavy atom. The molecule has 29 heavy (non-hydrogen) atoms. The smallest absolute Gasteiger partial charge is 0.332 e. The van der Waals surface area contributed by atoms with Crippen molar-refractivity contribution in [3.63, 3.8) is 0 Å². The first-order valence-electron chi connectivity index (χ1n) is 10.5. The van der Waals surface area contributed by atoms with Gasteiger partial charge in [0.15, 0.2) is 5.65 Å². The van der Waals surface area contributed by atoms with Crippen LogP contribution in [0.15, 0.2) is 33.9 Å². The third-order valence-electron chi connectivity index (χ3n) is 5.85. The third-order valence-corrected chi connectivity index (χ3v) is 5.85. The molecule has 1 aliphatic rings. The fraction of sp³-hybridized carbons (Fsp3) is 0.500. The van der Waals surface area contributed by atoms with Gasteiger partial charge in [-0.1, -0.05) is 31.9 Å². The zero-order valence-corrected chi connectivity index (χ0v) is 17.1. The van der Waals surface area contributed by atoms with E-state index in [4.69, 9.17) is 9.72 Å². The molecule has 0 aliphatic heterocycles. The number of nitrogens with zero attached hydrogens (tertiary/aromatic N) is 3. The molecular formula is C22H28N4O3. The summed E-state index contributed by atoms with van der Waals surface area (Å²) in [7, 11) is 1.64. The molecule has 0 radical (unpaired) electrons. The summed E-state index contributed by atoms with van der Waals surface area (Å²) in [6.45, 7) is 2.85. The second-order valence-electron chi connectivity index (χ2n) is 7.79. The quantitative estimate of drug-likeness (QED) is 0.665. The second kappa shape index (κ2) is 8.27. The number of benzene rings is 1.